The molecule has 4 aromatic rings. The van der Waals surface area contributed by atoms with Crippen LogP contribution < -0.4 is 5.32 Å². The Morgan fingerprint density at radius 3 is 2.76 bits per heavy atom. The summed E-state index contributed by atoms with van der Waals surface area (Å²) in [5.74, 6) is 0.132. The number of carbonyl (C=O) groups is 1. The number of nitrogens with one attached hydrogen (secondary N) is 1. The van der Waals surface area contributed by atoms with E-state index in [9.17, 15) is 9.18 Å². The number of para-hydroxylation sites is 1. The molecule has 1 N–H and O–H groups in total. The van der Waals surface area contributed by atoms with Crippen molar-refractivity contribution in [3.05, 3.63) is 71.8 Å². The van der Waals surface area contributed by atoms with Crippen molar-refractivity contribution in [2.75, 3.05) is 18.4 Å². The van der Waals surface area contributed by atoms with Crippen molar-refractivity contribution in [3.8, 4) is 11.4 Å². The average molecular weight is 476 g/mol. The van der Waals surface area contributed by atoms with Gasteiger partial charge in [-0.05, 0) is 61.6 Å². The van der Waals surface area contributed by atoms with Crippen LogP contribution in [-0.2, 0) is 0 Å². The van der Waals surface area contributed by atoms with Gasteiger partial charge in [0.15, 0.2) is 11.0 Å². The van der Waals surface area contributed by atoms with E-state index in [4.69, 9.17) is 0 Å². The summed E-state index contributed by atoms with van der Waals surface area (Å²) in [5, 5.41) is 4.30. The molecule has 2 aromatic carbocycles. The monoisotopic (exact) mass is 475 g/mol. The van der Waals surface area contributed by atoms with E-state index < -0.39 is 5.82 Å². The van der Waals surface area contributed by atoms with E-state index in [1.165, 1.54) is 6.07 Å². The second-order valence-corrected chi connectivity index (χ2v) is 9.75. The van der Waals surface area contributed by atoms with Gasteiger partial charge in [0, 0.05) is 31.0 Å². The highest BCUT2D eigenvalue weighted by Gasteiger charge is 2.34. The molecule has 0 radical (unpaired) electrons. The van der Waals surface area contributed by atoms with Gasteiger partial charge in [-0.25, -0.2) is 19.3 Å². The fourth-order valence-corrected chi connectivity index (χ4v) is 5.55. The lowest BCUT2D eigenvalue weighted by Crippen LogP contribution is -2.51. The molecule has 0 unspecified atom stereocenters. The summed E-state index contributed by atoms with van der Waals surface area (Å²) < 4.78 is 15.7. The Hall–Kier alpha value is -3.39. The highest BCUT2D eigenvalue weighted by molar-refractivity contribution is 7.22. The van der Waals surface area contributed by atoms with Crippen LogP contribution in [0.2, 0.25) is 0 Å². The predicted molar refractivity (Wildman–Crippen MR) is 133 cm³/mol. The minimum absolute atomic E-state index is 0.0412. The number of hydrogen-bond acceptors (Lipinski definition) is 6. The van der Waals surface area contributed by atoms with E-state index in [1.54, 1.807) is 42.8 Å². The molecule has 2 atom stereocenters. The van der Waals surface area contributed by atoms with Gasteiger partial charge in [0.2, 0.25) is 0 Å². The van der Waals surface area contributed by atoms with Gasteiger partial charge in [0.1, 0.15) is 5.82 Å². The summed E-state index contributed by atoms with van der Waals surface area (Å²) in [5.41, 5.74) is 2.18. The molecule has 0 bridgehead atoms. The van der Waals surface area contributed by atoms with Gasteiger partial charge >= 0.3 is 0 Å². The first kappa shape index (κ1) is 22.4. The lowest BCUT2D eigenvalue weighted by Gasteiger charge is -2.40. The molecule has 6 nitrogen and oxygen atoms in total. The third-order valence-electron chi connectivity index (χ3n) is 6.55. The zero-order chi connectivity index (χ0) is 23.7. The van der Waals surface area contributed by atoms with Crippen LogP contribution >= 0.6 is 11.3 Å². The highest BCUT2D eigenvalue weighted by atomic mass is 32.1. The molecule has 1 aliphatic rings. The Labute approximate surface area is 201 Å². The SMILES string of the molecule is Cc1c(F)ccc(-c2ncccn2)c1C(=O)N1CCC[C@@H](C)[C@H]1CNc1nc2ccccc2s1. The molecule has 0 aliphatic carbocycles. The number of piperidine rings is 1. The number of amides is 1. The Kier molecular flexibility index (Phi) is 6.24. The molecule has 3 heterocycles. The van der Waals surface area contributed by atoms with Gasteiger partial charge < -0.3 is 10.2 Å². The van der Waals surface area contributed by atoms with Crippen LogP contribution in [0.25, 0.3) is 21.6 Å². The van der Waals surface area contributed by atoms with Crippen molar-refractivity contribution in [2.24, 2.45) is 5.92 Å². The Morgan fingerprint density at radius 2 is 1.97 bits per heavy atom. The molecule has 8 heteroatoms. The molecule has 0 saturated carbocycles. The van der Waals surface area contributed by atoms with Crippen LogP contribution in [-0.4, -0.2) is 44.9 Å². The number of fused-ring (bicyclic) bond motifs is 1. The molecule has 1 fully saturated rings. The zero-order valence-corrected chi connectivity index (χ0v) is 20.0. The van der Waals surface area contributed by atoms with Crippen LogP contribution in [0.1, 0.15) is 35.7 Å². The van der Waals surface area contributed by atoms with Crippen molar-refractivity contribution in [2.45, 2.75) is 32.7 Å². The molecular weight excluding hydrogens is 449 g/mol. The van der Waals surface area contributed by atoms with E-state index in [0.29, 0.717) is 41.5 Å². The van der Waals surface area contributed by atoms with E-state index >= 15 is 0 Å². The third-order valence-corrected chi connectivity index (χ3v) is 7.55. The normalized spacial score (nSPS) is 18.3. The van der Waals surface area contributed by atoms with Crippen LogP contribution in [0.15, 0.2) is 54.9 Å². The Bertz CT molecular complexity index is 1290. The van der Waals surface area contributed by atoms with Crippen molar-refractivity contribution < 1.29 is 9.18 Å². The first-order valence-electron chi connectivity index (χ1n) is 11.5. The van der Waals surface area contributed by atoms with E-state index in [1.807, 2.05) is 23.1 Å². The van der Waals surface area contributed by atoms with Crippen LogP contribution in [0, 0.1) is 18.7 Å². The lowest BCUT2D eigenvalue weighted by molar-refractivity contribution is 0.0539. The first-order chi connectivity index (χ1) is 16.5. The number of thiazole rings is 1. The van der Waals surface area contributed by atoms with Gasteiger partial charge in [-0.3, -0.25) is 4.79 Å². The number of carbonyl (C=O) groups excluding carboxylic acids is 1. The second-order valence-electron chi connectivity index (χ2n) is 8.72. The summed E-state index contributed by atoms with van der Waals surface area (Å²) in [4.78, 5) is 29.1. The minimum atomic E-state index is -0.405. The number of benzene rings is 2. The molecule has 1 amide bonds. The maximum atomic E-state index is 14.6. The summed E-state index contributed by atoms with van der Waals surface area (Å²) >= 11 is 1.61. The van der Waals surface area contributed by atoms with Gasteiger partial charge in [0.05, 0.1) is 21.8 Å². The van der Waals surface area contributed by atoms with Crippen LogP contribution in [0.3, 0.4) is 0 Å². The number of halogens is 1. The van der Waals surface area contributed by atoms with E-state index in [0.717, 1.165) is 28.2 Å². The summed E-state index contributed by atoms with van der Waals surface area (Å²) in [6, 6.07) is 12.7. The average Bonchev–Trinajstić information content (AvgIpc) is 3.28. The zero-order valence-electron chi connectivity index (χ0n) is 19.2. The lowest BCUT2D eigenvalue weighted by atomic mass is 9.89. The van der Waals surface area contributed by atoms with Crippen LogP contribution in [0.4, 0.5) is 9.52 Å². The highest BCUT2D eigenvalue weighted by Crippen LogP contribution is 2.32. The number of rotatable bonds is 5. The molecule has 2 aromatic heterocycles. The molecule has 1 saturated heterocycles. The fourth-order valence-electron chi connectivity index (χ4n) is 4.68. The first-order valence-corrected chi connectivity index (χ1v) is 12.3. The molecule has 1 aliphatic heterocycles. The predicted octanol–water partition coefficient (Wildman–Crippen LogP) is 5.55. The molecule has 0 spiro atoms. The summed E-state index contributed by atoms with van der Waals surface area (Å²) in [7, 11) is 0. The molecule has 34 heavy (non-hydrogen) atoms. The van der Waals surface area contributed by atoms with E-state index in [2.05, 4.69) is 33.3 Å². The van der Waals surface area contributed by atoms with Gasteiger partial charge in [-0.2, -0.15) is 0 Å². The van der Waals surface area contributed by atoms with Crippen molar-refractivity contribution in [3.63, 3.8) is 0 Å². The van der Waals surface area contributed by atoms with E-state index in [-0.39, 0.29) is 11.9 Å². The second kappa shape index (κ2) is 9.46. The number of hydrogen-bond donors (Lipinski definition) is 1. The largest absolute Gasteiger partial charge is 0.359 e. The number of aromatic nitrogens is 3. The fraction of sp³-hybridized carbons (Fsp3) is 0.308. The summed E-state index contributed by atoms with van der Waals surface area (Å²) in [6.45, 7) is 5.03. The van der Waals surface area contributed by atoms with Gasteiger partial charge in [-0.1, -0.05) is 30.4 Å². The third kappa shape index (κ3) is 4.25. The molecule has 174 valence electrons. The number of nitrogens with zero attached hydrogens (tertiary/aromatic N) is 4. The van der Waals surface area contributed by atoms with Crippen molar-refractivity contribution in [1.29, 1.82) is 0 Å². The van der Waals surface area contributed by atoms with Crippen molar-refractivity contribution in [1.82, 2.24) is 19.9 Å². The minimum Gasteiger partial charge on any atom is -0.359 e. The smallest absolute Gasteiger partial charge is 0.255 e. The van der Waals surface area contributed by atoms with Gasteiger partial charge in [-0.15, -0.1) is 0 Å². The number of anilines is 1. The molecular formula is C26H26FN5OS. The Morgan fingerprint density at radius 1 is 1.18 bits per heavy atom. The summed E-state index contributed by atoms with van der Waals surface area (Å²) in [6.07, 6.45) is 5.20. The maximum Gasteiger partial charge on any atom is 0.255 e. The standard InChI is InChI=1S/C26H26FN5OS/c1-16-7-5-14-32(21(16)15-30-26-31-20-8-3-4-9-22(20)34-26)25(33)23-17(2)19(27)11-10-18(23)24-28-12-6-13-29-24/h3-4,6,8-13,16,21H,5,7,14-15H2,1-2H3,(H,30,31)/t16-,21-/m1/s1. The number of likely N-dealkylation sites (tertiary alicyclic amines) is 1. The topological polar surface area (TPSA) is 71.0 Å². The maximum absolute atomic E-state index is 14.6. The molecule has 5 rings (SSSR count). The van der Waals surface area contributed by atoms with Crippen molar-refractivity contribution >= 4 is 32.6 Å². The van der Waals surface area contributed by atoms with Crippen LogP contribution in [0.5, 0.6) is 0 Å². The Balaban J connectivity index is 1.45. The van der Waals surface area contributed by atoms with Gasteiger partial charge in [0.25, 0.3) is 5.91 Å². The quantitative estimate of drug-likeness (QED) is 0.410.